The van der Waals surface area contributed by atoms with E-state index in [9.17, 15) is 0 Å². The lowest BCUT2D eigenvalue weighted by Crippen LogP contribution is -2.34. The van der Waals surface area contributed by atoms with Gasteiger partial charge in [-0.2, -0.15) is 0 Å². The number of rotatable bonds is 1. The van der Waals surface area contributed by atoms with E-state index in [0.29, 0.717) is 6.10 Å². The molecule has 2 aliphatic rings. The van der Waals surface area contributed by atoms with Gasteiger partial charge >= 0.3 is 0 Å². The predicted molar refractivity (Wildman–Crippen MR) is 69.2 cm³/mol. The first-order valence-electron chi connectivity index (χ1n) is 6.53. The van der Waals surface area contributed by atoms with Crippen molar-refractivity contribution in [1.29, 1.82) is 0 Å². The van der Waals surface area contributed by atoms with Crippen LogP contribution in [0.1, 0.15) is 47.1 Å². The lowest BCUT2D eigenvalue weighted by Gasteiger charge is -2.39. The Kier molecular flexibility index (Phi) is 2.72. The summed E-state index contributed by atoms with van der Waals surface area (Å²) >= 11 is 0. The van der Waals surface area contributed by atoms with Gasteiger partial charge in [-0.25, -0.2) is 0 Å². The quantitative estimate of drug-likeness (QED) is 0.736. The molecule has 1 aromatic carbocycles. The molecule has 1 aromatic rings. The molecular formula is C15H21NO. The number of ether oxygens (including phenoxy) is 1. The lowest BCUT2D eigenvalue weighted by molar-refractivity contribution is 0.0793. The smallest absolute Gasteiger partial charge is 0.0824 e. The van der Waals surface area contributed by atoms with Crippen LogP contribution in [-0.2, 0) is 11.3 Å². The number of methoxy groups -OCH3 is 1. The molecule has 17 heavy (non-hydrogen) atoms. The molecule has 0 amide bonds. The van der Waals surface area contributed by atoms with Crippen LogP contribution in [0.4, 0.5) is 0 Å². The molecule has 0 aromatic heterocycles. The summed E-state index contributed by atoms with van der Waals surface area (Å²) in [5.74, 6) is 0.728. The predicted octanol–water partition coefficient (Wildman–Crippen LogP) is 3.01. The molecule has 1 aliphatic carbocycles. The first-order chi connectivity index (χ1) is 8.19. The van der Waals surface area contributed by atoms with E-state index in [1.54, 1.807) is 5.56 Å². The monoisotopic (exact) mass is 231 g/mol. The first-order valence-corrected chi connectivity index (χ1v) is 6.53. The molecule has 0 fully saturated rings. The third kappa shape index (κ3) is 1.80. The fourth-order valence-corrected chi connectivity index (χ4v) is 3.61. The SMILES string of the molecule is COC1CCC2CN(C)Cc3cc(C)cc1c32. The van der Waals surface area contributed by atoms with Gasteiger partial charge in [0.15, 0.2) is 0 Å². The molecule has 2 unspecified atom stereocenters. The van der Waals surface area contributed by atoms with Crippen LogP contribution in [0.25, 0.3) is 0 Å². The number of benzene rings is 1. The summed E-state index contributed by atoms with van der Waals surface area (Å²) in [6.07, 6.45) is 2.76. The number of hydrogen-bond donors (Lipinski definition) is 0. The van der Waals surface area contributed by atoms with Crippen LogP contribution in [-0.4, -0.2) is 25.6 Å². The maximum atomic E-state index is 5.66. The standard InChI is InChI=1S/C15H21NO/c1-10-6-12-9-16(2)8-11-4-5-14(17-3)13(7-10)15(11)12/h6-7,11,14H,4-5,8-9H2,1-3H3. The Balaban J connectivity index is 2.15. The van der Waals surface area contributed by atoms with Crippen molar-refractivity contribution in [3.8, 4) is 0 Å². The molecule has 2 heteroatoms. The zero-order chi connectivity index (χ0) is 12.0. The zero-order valence-corrected chi connectivity index (χ0v) is 11.0. The van der Waals surface area contributed by atoms with Crippen LogP contribution in [0.5, 0.6) is 0 Å². The van der Waals surface area contributed by atoms with Crippen LogP contribution < -0.4 is 0 Å². The average molecular weight is 231 g/mol. The maximum absolute atomic E-state index is 5.66. The first kappa shape index (κ1) is 11.2. The number of nitrogens with zero attached hydrogens (tertiary/aromatic N) is 1. The van der Waals surface area contributed by atoms with Gasteiger partial charge in [-0.05, 0) is 49.4 Å². The van der Waals surface area contributed by atoms with Crippen molar-refractivity contribution in [1.82, 2.24) is 4.90 Å². The van der Waals surface area contributed by atoms with Gasteiger partial charge in [0.05, 0.1) is 6.10 Å². The van der Waals surface area contributed by atoms with Gasteiger partial charge in [0.1, 0.15) is 0 Å². The highest BCUT2D eigenvalue weighted by molar-refractivity contribution is 5.45. The highest BCUT2D eigenvalue weighted by Crippen LogP contribution is 2.44. The second kappa shape index (κ2) is 4.11. The highest BCUT2D eigenvalue weighted by atomic mass is 16.5. The van der Waals surface area contributed by atoms with Gasteiger partial charge in [-0.15, -0.1) is 0 Å². The number of likely N-dealkylation sites (N-methyl/N-ethyl adjacent to an activating group) is 1. The van der Waals surface area contributed by atoms with Gasteiger partial charge in [-0.1, -0.05) is 17.7 Å². The van der Waals surface area contributed by atoms with Crippen LogP contribution in [0, 0.1) is 6.92 Å². The van der Waals surface area contributed by atoms with Crippen molar-refractivity contribution in [3.05, 3.63) is 34.4 Å². The second-order valence-electron chi connectivity index (χ2n) is 5.62. The summed E-state index contributed by atoms with van der Waals surface area (Å²) in [5.41, 5.74) is 5.97. The number of hydrogen-bond acceptors (Lipinski definition) is 2. The Bertz CT molecular complexity index is 441. The molecule has 1 aliphatic heterocycles. The zero-order valence-electron chi connectivity index (χ0n) is 11.0. The summed E-state index contributed by atoms with van der Waals surface area (Å²) in [6, 6.07) is 4.70. The molecule has 0 radical (unpaired) electrons. The third-order valence-corrected chi connectivity index (χ3v) is 4.23. The van der Waals surface area contributed by atoms with E-state index in [0.717, 1.165) is 12.5 Å². The Hall–Kier alpha value is -0.860. The molecule has 1 heterocycles. The van der Waals surface area contributed by atoms with Crippen LogP contribution in [0.3, 0.4) is 0 Å². The van der Waals surface area contributed by atoms with E-state index in [4.69, 9.17) is 4.74 Å². The van der Waals surface area contributed by atoms with Crippen molar-refractivity contribution in [2.24, 2.45) is 0 Å². The largest absolute Gasteiger partial charge is 0.377 e. The minimum Gasteiger partial charge on any atom is -0.377 e. The Morgan fingerprint density at radius 3 is 2.88 bits per heavy atom. The second-order valence-corrected chi connectivity index (χ2v) is 5.62. The van der Waals surface area contributed by atoms with Crippen LogP contribution in [0.15, 0.2) is 12.1 Å². The van der Waals surface area contributed by atoms with Crippen molar-refractivity contribution < 1.29 is 4.74 Å². The molecule has 0 saturated carbocycles. The fraction of sp³-hybridized carbons (Fsp3) is 0.600. The average Bonchev–Trinajstić information content (AvgIpc) is 2.28. The number of aryl methyl sites for hydroxylation is 1. The molecule has 0 spiro atoms. The molecule has 2 atom stereocenters. The van der Waals surface area contributed by atoms with Crippen molar-refractivity contribution in [2.45, 2.75) is 38.3 Å². The molecule has 2 nitrogen and oxygen atoms in total. The molecule has 0 bridgehead atoms. The lowest BCUT2D eigenvalue weighted by atomic mass is 9.76. The Morgan fingerprint density at radius 2 is 2.12 bits per heavy atom. The molecule has 3 rings (SSSR count). The normalized spacial score (nSPS) is 27.9. The van der Waals surface area contributed by atoms with Gasteiger partial charge in [-0.3, -0.25) is 0 Å². The highest BCUT2D eigenvalue weighted by Gasteiger charge is 2.33. The van der Waals surface area contributed by atoms with E-state index in [-0.39, 0.29) is 0 Å². The van der Waals surface area contributed by atoms with E-state index < -0.39 is 0 Å². The Labute approximate surface area is 104 Å². The fourth-order valence-electron chi connectivity index (χ4n) is 3.61. The molecule has 92 valence electrons. The molecule has 0 N–H and O–H groups in total. The molecule has 0 saturated heterocycles. The molecular weight excluding hydrogens is 210 g/mol. The van der Waals surface area contributed by atoms with Gasteiger partial charge in [0, 0.05) is 20.2 Å². The summed E-state index contributed by atoms with van der Waals surface area (Å²) < 4.78 is 5.66. The topological polar surface area (TPSA) is 12.5 Å². The van der Waals surface area contributed by atoms with Gasteiger partial charge < -0.3 is 9.64 Å². The van der Waals surface area contributed by atoms with Crippen LogP contribution >= 0.6 is 0 Å². The summed E-state index contributed by atoms with van der Waals surface area (Å²) in [6.45, 7) is 4.50. The van der Waals surface area contributed by atoms with Crippen molar-refractivity contribution >= 4 is 0 Å². The summed E-state index contributed by atoms with van der Waals surface area (Å²) in [4.78, 5) is 2.45. The van der Waals surface area contributed by atoms with E-state index in [2.05, 4.69) is 31.0 Å². The minimum absolute atomic E-state index is 0.323. The minimum atomic E-state index is 0.323. The maximum Gasteiger partial charge on any atom is 0.0824 e. The van der Waals surface area contributed by atoms with Crippen molar-refractivity contribution in [2.75, 3.05) is 20.7 Å². The van der Waals surface area contributed by atoms with E-state index >= 15 is 0 Å². The van der Waals surface area contributed by atoms with E-state index in [1.165, 1.54) is 36.1 Å². The summed E-state index contributed by atoms with van der Waals surface area (Å²) in [5, 5.41) is 0. The van der Waals surface area contributed by atoms with Gasteiger partial charge in [0.25, 0.3) is 0 Å². The van der Waals surface area contributed by atoms with Crippen molar-refractivity contribution in [3.63, 3.8) is 0 Å². The van der Waals surface area contributed by atoms with Crippen LogP contribution in [0.2, 0.25) is 0 Å². The van der Waals surface area contributed by atoms with Gasteiger partial charge in [0.2, 0.25) is 0 Å². The third-order valence-electron chi connectivity index (χ3n) is 4.23. The van der Waals surface area contributed by atoms with E-state index in [1.807, 2.05) is 7.11 Å². The summed E-state index contributed by atoms with van der Waals surface area (Å²) in [7, 11) is 4.07. The Morgan fingerprint density at radius 1 is 1.29 bits per heavy atom.